The van der Waals surface area contributed by atoms with Crippen LogP contribution >= 0.6 is 0 Å². The number of nitrogens with one attached hydrogen (secondary N) is 1. The zero-order chi connectivity index (χ0) is 15.0. The van der Waals surface area contributed by atoms with E-state index in [1.54, 1.807) is 0 Å². The highest BCUT2D eigenvalue weighted by Gasteiger charge is 2.35. The highest BCUT2D eigenvalue weighted by Crippen LogP contribution is 2.20. The van der Waals surface area contributed by atoms with Crippen LogP contribution in [0.2, 0.25) is 0 Å². The summed E-state index contributed by atoms with van der Waals surface area (Å²) in [5.41, 5.74) is -0.682. The van der Waals surface area contributed by atoms with E-state index in [0.717, 1.165) is 39.2 Å². The lowest BCUT2D eigenvalue weighted by molar-refractivity contribution is -0.149. The van der Waals surface area contributed by atoms with Crippen LogP contribution in [-0.4, -0.2) is 51.1 Å². The Morgan fingerprint density at radius 2 is 2.10 bits per heavy atom. The van der Waals surface area contributed by atoms with Crippen molar-refractivity contribution in [3.05, 3.63) is 0 Å². The van der Waals surface area contributed by atoms with Crippen molar-refractivity contribution in [1.29, 1.82) is 0 Å². The fraction of sp³-hybridized carbons (Fsp3) is 0.933. The van der Waals surface area contributed by atoms with Crippen molar-refractivity contribution in [2.75, 3.05) is 33.5 Å². The maximum Gasteiger partial charge on any atom is 0.325 e. The summed E-state index contributed by atoms with van der Waals surface area (Å²) in [6.45, 7) is 8.99. The van der Waals surface area contributed by atoms with E-state index in [1.165, 1.54) is 7.11 Å². The predicted molar refractivity (Wildman–Crippen MR) is 77.7 cm³/mol. The standard InChI is InChI=1S/C15H29NO4/c1-5-16-15(3,14(17)18-4)10-12(2)20-11-13-6-8-19-9-7-13/h12-13,16H,5-11H2,1-4H3. The number of carbonyl (C=O) groups is 1. The van der Waals surface area contributed by atoms with Crippen molar-refractivity contribution < 1.29 is 19.0 Å². The first-order valence-electron chi connectivity index (χ1n) is 7.54. The quantitative estimate of drug-likeness (QED) is 0.689. The van der Waals surface area contributed by atoms with Gasteiger partial charge in [0.1, 0.15) is 5.54 Å². The highest BCUT2D eigenvalue weighted by atomic mass is 16.5. The normalized spacial score (nSPS) is 21.2. The summed E-state index contributed by atoms with van der Waals surface area (Å²) < 4.78 is 16.1. The SMILES string of the molecule is CCNC(C)(CC(C)OCC1CCOCC1)C(=O)OC. The van der Waals surface area contributed by atoms with Crippen LogP contribution in [-0.2, 0) is 19.0 Å². The van der Waals surface area contributed by atoms with Crippen LogP contribution in [0, 0.1) is 5.92 Å². The molecule has 1 saturated heterocycles. The first kappa shape index (κ1) is 17.4. The van der Waals surface area contributed by atoms with E-state index in [-0.39, 0.29) is 12.1 Å². The van der Waals surface area contributed by atoms with Crippen LogP contribution in [0.5, 0.6) is 0 Å². The maximum absolute atomic E-state index is 11.9. The Hall–Kier alpha value is -0.650. The lowest BCUT2D eigenvalue weighted by Crippen LogP contribution is -2.52. The molecular weight excluding hydrogens is 258 g/mol. The molecule has 0 saturated carbocycles. The molecule has 0 spiro atoms. The molecule has 5 heteroatoms. The molecular formula is C15H29NO4. The summed E-state index contributed by atoms with van der Waals surface area (Å²) >= 11 is 0. The van der Waals surface area contributed by atoms with Crippen LogP contribution in [0.1, 0.15) is 40.0 Å². The minimum Gasteiger partial charge on any atom is -0.468 e. The third-order valence-corrected chi connectivity index (χ3v) is 3.86. The minimum absolute atomic E-state index is 0.0148. The topological polar surface area (TPSA) is 56.8 Å². The average molecular weight is 287 g/mol. The molecule has 5 nitrogen and oxygen atoms in total. The third-order valence-electron chi connectivity index (χ3n) is 3.86. The maximum atomic E-state index is 11.9. The van der Waals surface area contributed by atoms with Crippen LogP contribution < -0.4 is 5.32 Å². The minimum atomic E-state index is -0.682. The molecule has 0 bridgehead atoms. The Labute approximate surface area is 122 Å². The van der Waals surface area contributed by atoms with Gasteiger partial charge in [-0.25, -0.2) is 0 Å². The first-order valence-corrected chi connectivity index (χ1v) is 7.54. The molecule has 1 rings (SSSR count). The highest BCUT2D eigenvalue weighted by molar-refractivity contribution is 5.80. The number of rotatable bonds is 8. The third kappa shape index (κ3) is 5.38. The molecule has 118 valence electrons. The van der Waals surface area contributed by atoms with Crippen LogP contribution in [0.3, 0.4) is 0 Å². The fourth-order valence-corrected chi connectivity index (χ4v) is 2.69. The number of hydrogen-bond acceptors (Lipinski definition) is 5. The lowest BCUT2D eigenvalue weighted by atomic mass is 9.94. The van der Waals surface area contributed by atoms with Gasteiger partial charge in [-0.1, -0.05) is 6.92 Å². The van der Waals surface area contributed by atoms with Crippen molar-refractivity contribution in [3.8, 4) is 0 Å². The molecule has 1 aliphatic heterocycles. The summed E-state index contributed by atoms with van der Waals surface area (Å²) in [7, 11) is 1.42. The summed E-state index contributed by atoms with van der Waals surface area (Å²) in [5, 5.41) is 3.20. The van der Waals surface area contributed by atoms with E-state index in [4.69, 9.17) is 14.2 Å². The second kappa shape index (κ2) is 8.60. The van der Waals surface area contributed by atoms with Gasteiger partial charge in [-0.05, 0) is 39.2 Å². The molecule has 1 fully saturated rings. The van der Waals surface area contributed by atoms with E-state index in [1.807, 2.05) is 20.8 Å². The zero-order valence-corrected chi connectivity index (χ0v) is 13.2. The van der Waals surface area contributed by atoms with Crippen LogP contribution in [0.25, 0.3) is 0 Å². The molecule has 0 aliphatic carbocycles. The van der Waals surface area contributed by atoms with E-state index >= 15 is 0 Å². The van der Waals surface area contributed by atoms with Gasteiger partial charge in [-0.15, -0.1) is 0 Å². The molecule has 0 aromatic heterocycles. The average Bonchev–Trinajstić information content (AvgIpc) is 2.45. The van der Waals surface area contributed by atoms with E-state index in [2.05, 4.69) is 5.32 Å². The molecule has 0 aromatic rings. The van der Waals surface area contributed by atoms with E-state index < -0.39 is 5.54 Å². The Balaban J connectivity index is 2.40. The van der Waals surface area contributed by atoms with Gasteiger partial charge in [0.2, 0.25) is 0 Å². The molecule has 1 N–H and O–H groups in total. The molecule has 0 radical (unpaired) electrons. The molecule has 20 heavy (non-hydrogen) atoms. The summed E-state index contributed by atoms with van der Waals surface area (Å²) in [6, 6.07) is 0. The molecule has 1 heterocycles. The zero-order valence-electron chi connectivity index (χ0n) is 13.2. The first-order chi connectivity index (χ1) is 9.51. The van der Waals surface area contributed by atoms with Gasteiger partial charge in [0.05, 0.1) is 13.2 Å². The van der Waals surface area contributed by atoms with Crippen LogP contribution in [0.4, 0.5) is 0 Å². The van der Waals surface area contributed by atoms with E-state index in [9.17, 15) is 4.79 Å². The van der Waals surface area contributed by atoms with Crippen molar-refractivity contribution >= 4 is 5.97 Å². The number of ether oxygens (including phenoxy) is 3. The summed E-state index contributed by atoms with van der Waals surface area (Å²) in [6.07, 6.45) is 2.75. The van der Waals surface area contributed by atoms with Gasteiger partial charge in [-0.3, -0.25) is 4.79 Å². The van der Waals surface area contributed by atoms with Gasteiger partial charge < -0.3 is 19.5 Å². The van der Waals surface area contributed by atoms with Crippen LogP contribution in [0.15, 0.2) is 0 Å². The molecule has 2 unspecified atom stereocenters. The van der Waals surface area contributed by atoms with Gasteiger partial charge in [0, 0.05) is 26.2 Å². The molecule has 2 atom stereocenters. The van der Waals surface area contributed by atoms with Crippen molar-refractivity contribution in [2.24, 2.45) is 5.92 Å². The number of carbonyl (C=O) groups excluding carboxylic acids is 1. The van der Waals surface area contributed by atoms with Gasteiger partial charge in [0.15, 0.2) is 0 Å². The monoisotopic (exact) mass is 287 g/mol. The second-order valence-electron chi connectivity index (χ2n) is 5.76. The Morgan fingerprint density at radius 3 is 2.65 bits per heavy atom. The van der Waals surface area contributed by atoms with E-state index in [0.29, 0.717) is 12.3 Å². The Bertz CT molecular complexity index is 292. The van der Waals surface area contributed by atoms with Gasteiger partial charge in [-0.2, -0.15) is 0 Å². The smallest absolute Gasteiger partial charge is 0.325 e. The second-order valence-corrected chi connectivity index (χ2v) is 5.76. The Morgan fingerprint density at radius 1 is 1.45 bits per heavy atom. The van der Waals surface area contributed by atoms with Gasteiger partial charge in [0.25, 0.3) is 0 Å². The fourth-order valence-electron chi connectivity index (χ4n) is 2.69. The molecule has 1 aliphatic rings. The molecule has 0 aromatic carbocycles. The predicted octanol–water partition coefficient (Wildman–Crippen LogP) is 1.75. The number of esters is 1. The summed E-state index contributed by atoms with van der Waals surface area (Å²) in [4.78, 5) is 11.9. The number of methoxy groups -OCH3 is 1. The largest absolute Gasteiger partial charge is 0.468 e. The van der Waals surface area contributed by atoms with Crippen molar-refractivity contribution in [3.63, 3.8) is 0 Å². The Kier molecular flexibility index (Phi) is 7.48. The van der Waals surface area contributed by atoms with Crippen molar-refractivity contribution in [2.45, 2.75) is 51.7 Å². The lowest BCUT2D eigenvalue weighted by Gasteiger charge is -2.31. The van der Waals surface area contributed by atoms with Gasteiger partial charge >= 0.3 is 5.97 Å². The number of likely N-dealkylation sites (N-methyl/N-ethyl adjacent to an activating group) is 1. The molecule has 0 amide bonds. The van der Waals surface area contributed by atoms with Crippen molar-refractivity contribution in [1.82, 2.24) is 5.32 Å². The summed E-state index contributed by atoms with van der Waals surface area (Å²) in [5.74, 6) is 0.343. The number of hydrogen-bond donors (Lipinski definition) is 1.